The second kappa shape index (κ2) is 6.43. The van der Waals surface area contributed by atoms with Gasteiger partial charge in [0.05, 0.1) is 11.2 Å². The van der Waals surface area contributed by atoms with Crippen molar-refractivity contribution in [3.05, 3.63) is 29.9 Å². The van der Waals surface area contributed by atoms with E-state index in [0.717, 1.165) is 24.5 Å². The van der Waals surface area contributed by atoms with Gasteiger partial charge in [0.15, 0.2) is 0 Å². The number of pyridine rings is 1. The van der Waals surface area contributed by atoms with Crippen LogP contribution in [0, 0.1) is 0 Å². The molecule has 0 unspecified atom stereocenters. The van der Waals surface area contributed by atoms with Crippen molar-refractivity contribution >= 4 is 19.0 Å². The standard InChI is InChI=1S/C17H27BN2O2/c1-7-20(8-2)15-13-14(10-12-19-15)9-11-18-21-16(3,4)17(5,6)22-18/h9-13H,7-8H2,1-6H3/b11-9+. The molecule has 1 fully saturated rings. The summed E-state index contributed by atoms with van der Waals surface area (Å²) in [6, 6.07) is 4.09. The van der Waals surface area contributed by atoms with Crippen LogP contribution in [0.1, 0.15) is 47.1 Å². The molecule has 1 saturated heterocycles. The second-order valence-corrected chi connectivity index (χ2v) is 6.60. The van der Waals surface area contributed by atoms with Crippen molar-refractivity contribution in [3.8, 4) is 0 Å². The Bertz CT molecular complexity index is 523. The minimum Gasteiger partial charge on any atom is -0.400 e. The molecule has 0 bridgehead atoms. The highest BCUT2D eigenvalue weighted by atomic mass is 16.7. The lowest BCUT2D eigenvalue weighted by atomic mass is 9.89. The summed E-state index contributed by atoms with van der Waals surface area (Å²) in [5.74, 6) is 2.97. The zero-order chi connectivity index (χ0) is 16.4. The normalized spacial score (nSPS) is 19.8. The van der Waals surface area contributed by atoms with E-state index in [1.54, 1.807) is 0 Å². The fraction of sp³-hybridized carbons (Fsp3) is 0.588. The average Bonchev–Trinajstić information content (AvgIpc) is 2.66. The van der Waals surface area contributed by atoms with Crippen LogP contribution in [0.4, 0.5) is 5.82 Å². The van der Waals surface area contributed by atoms with E-state index in [1.807, 2.05) is 24.3 Å². The molecule has 0 atom stereocenters. The van der Waals surface area contributed by atoms with Crippen LogP contribution in [0.15, 0.2) is 24.3 Å². The maximum atomic E-state index is 5.97. The predicted molar refractivity (Wildman–Crippen MR) is 92.9 cm³/mol. The number of aromatic nitrogens is 1. The van der Waals surface area contributed by atoms with Gasteiger partial charge in [0.2, 0.25) is 0 Å². The van der Waals surface area contributed by atoms with Crippen LogP contribution in [-0.2, 0) is 9.31 Å². The van der Waals surface area contributed by atoms with E-state index >= 15 is 0 Å². The van der Waals surface area contributed by atoms with Crippen LogP contribution in [-0.4, -0.2) is 36.4 Å². The van der Waals surface area contributed by atoms with E-state index < -0.39 is 0 Å². The van der Waals surface area contributed by atoms with Crippen molar-refractivity contribution < 1.29 is 9.31 Å². The van der Waals surface area contributed by atoms with Crippen molar-refractivity contribution in [2.45, 2.75) is 52.7 Å². The molecule has 1 aliphatic rings. The Morgan fingerprint density at radius 3 is 2.27 bits per heavy atom. The topological polar surface area (TPSA) is 34.6 Å². The van der Waals surface area contributed by atoms with Gasteiger partial charge in [0, 0.05) is 19.3 Å². The molecule has 2 heterocycles. The molecule has 4 nitrogen and oxygen atoms in total. The zero-order valence-corrected chi connectivity index (χ0v) is 14.6. The Morgan fingerprint density at radius 1 is 1.14 bits per heavy atom. The summed E-state index contributed by atoms with van der Waals surface area (Å²) in [5.41, 5.74) is 0.505. The largest absolute Gasteiger partial charge is 0.487 e. The monoisotopic (exact) mass is 302 g/mol. The molecule has 1 aromatic heterocycles. The quantitative estimate of drug-likeness (QED) is 0.779. The lowest BCUT2D eigenvalue weighted by molar-refractivity contribution is 0.00578. The van der Waals surface area contributed by atoms with Crippen molar-refractivity contribution in [2.24, 2.45) is 0 Å². The van der Waals surface area contributed by atoms with Crippen molar-refractivity contribution in [3.63, 3.8) is 0 Å². The van der Waals surface area contributed by atoms with Gasteiger partial charge in [-0.05, 0) is 59.2 Å². The van der Waals surface area contributed by atoms with E-state index in [4.69, 9.17) is 9.31 Å². The van der Waals surface area contributed by atoms with Crippen molar-refractivity contribution in [1.82, 2.24) is 4.98 Å². The first-order chi connectivity index (χ1) is 10.3. The first-order valence-corrected chi connectivity index (χ1v) is 8.04. The maximum absolute atomic E-state index is 5.97. The van der Waals surface area contributed by atoms with Crippen LogP contribution < -0.4 is 4.90 Å². The Morgan fingerprint density at radius 2 is 1.73 bits per heavy atom. The number of hydrogen-bond acceptors (Lipinski definition) is 4. The molecule has 5 heteroatoms. The number of anilines is 1. The number of hydrogen-bond donors (Lipinski definition) is 0. The molecular formula is C17H27BN2O2. The fourth-order valence-electron chi connectivity index (χ4n) is 2.42. The minimum absolute atomic E-state index is 0.299. The third-order valence-corrected chi connectivity index (χ3v) is 4.57. The van der Waals surface area contributed by atoms with Gasteiger partial charge in [-0.25, -0.2) is 4.98 Å². The van der Waals surface area contributed by atoms with Crippen LogP contribution in [0.25, 0.3) is 6.08 Å². The van der Waals surface area contributed by atoms with Gasteiger partial charge >= 0.3 is 7.12 Å². The predicted octanol–water partition coefficient (Wildman–Crippen LogP) is 3.57. The molecule has 1 aromatic rings. The third-order valence-electron chi connectivity index (χ3n) is 4.57. The summed E-state index contributed by atoms with van der Waals surface area (Å²) in [7, 11) is -0.310. The molecule has 0 spiro atoms. The molecule has 2 rings (SSSR count). The van der Waals surface area contributed by atoms with Gasteiger partial charge < -0.3 is 14.2 Å². The summed E-state index contributed by atoms with van der Waals surface area (Å²) < 4.78 is 11.9. The molecule has 22 heavy (non-hydrogen) atoms. The molecule has 120 valence electrons. The van der Waals surface area contributed by atoms with Crippen LogP contribution in [0.3, 0.4) is 0 Å². The second-order valence-electron chi connectivity index (χ2n) is 6.60. The van der Waals surface area contributed by atoms with E-state index in [2.05, 4.69) is 57.5 Å². The highest BCUT2D eigenvalue weighted by Crippen LogP contribution is 2.37. The van der Waals surface area contributed by atoms with E-state index in [-0.39, 0.29) is 18.3 Å². The van der Waals surface area contributed by atoms with Gasteiger partial charge in [0.25, 0.3) is 0 Å². The fourth-order valence-corrected chi connectivity index (χ4v) is 2.42. The van der Waals surface area contributed by atoms with Gasteiger partial charge in [-0.15, -0.1) is 0 Å². The van der Waals surface area contributed by atoms with Crippen LogP contribution >= 0.6 is 0 Å². The molecule has 0 saturated carbocycles. The van der Waals surface area contributed by atoms with Crippen LogP contribution in [0.2, 0.25) is 0 Å². The Kier molecular flexibility index (Phi) is 4.98. The van der Waals surface area contributed by atoms with Crippen LogP contribution in [0.5, 0.6) is 0 Å². The molecule has 0 N–H and O–H groups in total. The number of nitrogens with zero attached hydrogens (tertiary/aromatic N) is 2. The zero-order valence-electron chi connectivity index (χ0n) is 14.6. The summed E-state index contributed by atoms with van der Waals surface area (Å²) in [6.45, 7) is 14.4. The van der Waals surface area contributed by atoms with E-state index in [0.29, 0.717) is 0 Å². The first-order valence-electron chi connectivity index (χ1n) is 8.04. The molecule has 1 aliphatic heterocycles. The van der Waals surface area contributed by atoms with Gasteiger partial charge in [0.1, 0.15) is 5.82 Å². The summed E-state index contributed by atoms with van der Waals surface area (Å²) in [5, 5.41) is 0. The summed E-state index contributed by atoms with van der Waals surface area (Å²) in [6.07, 6.45) is 3.88. The lowest BCUT2D eigenvalue weighted by Crippen LogP contribution is -2.41. The van der Waals surface area contributed by atoms with Crippen molar-refractivity contribution in [2.75, 3.05) is 18.0 Å². The smallest absolute Gasteiger partial charge is 0.400 e. The molecule has 0 amide bonds. The maximum Gasteiger partial charge on any atom is 0.487 e. The van der Waals surface area contributed by atoms with E-state index in [1.165, 1.54) is 0 Å². The van der Waals surface area contributed by atoms with E-state index in [9.17, 15) is 0 Å². The third kappa shape index (κ3) is 3.53. The minimum atomic E-state index is -0.310. The molecule has 0 radical (unpaired) electrons. The molecule has 0 aromatic carbocycles. The first kappa shape index (κ1) is 17.0. The molecule has 0 aliphatic carbocycles. The van der Waals surface area contributed by atoms with Gasteiger partial charge in [-0.2, -0.15) is 0 Å². The van der Waals surface area contributed by atoms with Crippen molar-refractivity contribution in [1.29, 1.82) is 0 Å². The van der Waals surface area contributed by atoms with Gasteiger partial charge in [-0.3, -0.25) is 0 Å². The lowest BCUT2D eigenvalue weighted by Gasteiger charge is -2.32. The SMILES string of the molecule is CCN(CC)c1cc(/C=C/B2OC(C)(C)C(C)(C)O2)ccn1. The molecular weight excluding hydrogens is 275 g/mol. The average molecular weight is 302 g/mol. The Balaban J connectivity index is 2.10. The highest BCUT2D eigenvalue weighted by Gasteiger charge is 2.49. The summed E-state index contributed by atoms with van der Waals surface area (Å²) in [4.78, 5) is 6.67. The van der Waals surface area contributed by atoms with Gasteiger partial charge in [-0.1, -0.05) is 12.1 Å². The summed E-state index contributed by atoms with van der Waals surface area (Å²) >= 11 is 0. The number of rotatable bonds is 5. The Hall–Kier alpha value is -1.33. The highest BCUT2D eigenvalue weighted by molar-refractivity contribution is 6.52. The Labute approximate surface area is 134 Å².